The van der Waals surface area contributed by atoms with Gasteiger partial charge in [0.25, 0.3) is 5.91 Å². The van der Waals surface area contributed by atoms with Crippen molar-refractivity contribution < 1.29 is 9.53 Å². The first-order valence-electron chi connectivity index (χ1n) is 11.8. The zero-order valence-corrected chi connectivity index (χ0v) is 18.9. The van der Waals surface area contributed by atoms with Crippen molar-refractivity contribution in [1.29, 1.82) is 0 Å². The molecular formula is C30H21N3O2. The normalized spacial score (nSPS) is 16.5. The molecule has 1 aromatic heterocycles. The largest absolute Gasteiger partial charge is 0.485 e. The Morgan fingerprint density at radius 1 is 0.914 bits per heavy atom. The molecule has 3 aliphatic rings. The standard InChI is InChI=1S/C30H21N3O2/c34-30(21-15-16-31-24-13-6-9-18(21)24)33-29-20-8-2-1-7-19(20)28-22(10-5-11-23(28)29)26-17-35-27-14-4-3-12-25(27)32-26/h1-12,14-16,29H,13,17H2,(H,33,34). The first kappa shape index (κ1) is 19.9. The number of ether oxygens (including phenoxy) is 1. The van der Waals surface area contributed by atoms with Gasteiger partial charge in [0, 0.05) is 29.3 Å². The predicted octanol–water partition coefficient (Wildman–Crippen LogP) is 5.66. The van der Waals surface area contributed by atoms with Gasteiger partial charge in [-0.3, -0.25) is 9.78 Å². The highest BCUT2D eigenvalue weighted by molar-refractivity contribution is 6.11. The molecule has 1 N–H and O–H groups in total. The molecule has 4 aromatic rings. The smallest absolute Gasteiger partial charge is 0.252 e. The number of aliphatic imine (C=N–C) groups is 1. The molecule has 1 aliphatic heterocycles. The lowest BCUT2D eigenvalue weighted by molar-refractivity contribution is 0.0943. The molecule has 7 rings (SSSR count). The Bertz CT molecular complexity index is 1580. The van der Waals surface area contributed by atoms with Crippen LogP contribution in [-0.4, -0.2) is 23.2 Å². The maximum atomic E-state index is 13.5. The summed E-state index contributed by atoms with van der Waals surface area (Å²) in [7, 11) is 0. The molecule has 0 spiro atoms. The van der Waals surface area contributed by atoms with E-state index in [-0.39, 0.29) is 11.9 Å². The highest BCUT2D eigenvalue weighted by Gasteiger charge is 2.33. The number of aromatic nitrogens is 1. The molecule has 0 radical (unpaired) electrons. The van der Waals surface area contributed by atoms with E-state index in [1.807, 2.05) is 54.6 Å². The van der Waals surface area contributed by atoms with E-state index < -0.39 is 0 Å². The Morgan fingerprint density at radius 2 is 1.74 bits per heavy atom. The average Bonchev–Trinajstić information content (AvgIpc) is 3.51. The molecule has 35 heavy (non-hydrogen) atoms. The number of allylic oxidation sites excluding steroid dienone is 1. The minimum atomic E-state index is -0.250. The fourth-order valence-corrected chi connectivity index (χ4v) is 5.35. The lowest BCUT2D eigenvalue weighted by Gasteiger charge is -2.20. The van der Waals surface area contributed by atoms with Crippen molar-refractivity contribution in [3.05, 3.63) is 119 Å². The molecule has 0 saturated carbocycles. The van der Waals surface area contributed by atoms with Crippen LogP contribution in [0.15, 0.2) is 90.1 Å². The van der Waals surface area contributed by atoms with Crippen molar-refractivity contribution in [3.8, 4) is 16.9 Å². The van der Waals surface area contributed by atoms with Gasteiger partial charge in [0.1, 0.15) is 18.0 Å². The van der Waals surface area contributed by atoms with Crippen molar-refractivity contribution in [2.75, 3.05) is 6.61 Å². The minimum absolute atomic E-state index is 0.0967. The summed E-state index contributed by atoms with van der Waals surface area (Å²) in [6.45, 7) is 0.405. The van der Waals surface area contributed by atoms with E-state index in [0.717, 1.165) is 62.6 Å². The van der Waals surface area contributed by atoms with E-state index in [1.54, 1.807) is 12.3 Å². The van der Waals surface area contributed by atoms with Crippen molar-refractivity contribution in [3.63, 3.8) is 0 Å². The van der Waals surface area contributed by atoms with Crippen LogP contribution in [0.1, 0.15) is 44.3 Å². The molecule has 0 saturated heterocycles. The Hall–Kier alpha value is -4.51. The van der Waals surface area contributed by atoms with Crippen molar-refractivity contribution in [2.24, 2.45) is 4.99 Å². The Balaban J connectivity index is 1.32. The summed E-state index contributed by atoms with van der Waals surface area (Å²) < 4.78 is 6.02. The van der Waals surface area contributed by atoms with Crippen LogP contribution in [0.25, 0.3) is 17.2 Å². The highest BCUT2D eigenvalue weighted by Crippen LogP contribution is 2.46. The summed E-state index contributed by atoms with van der Waals surface area (Å²) in [6.07, 6.45) is 6.52. The summed E-state index contributed by atoms with van der Waals surface area (Å²) in [5.74, 6) is 0.703. The van der Waals surface area contributed by atoms with Crippen molar-refractivity contribution in [1.82, 2.24) is 10.3 Å². The maximum Gasteiger partial charge on any atom is 0.252 e. The molecule has 1 amide bonds. The molecule has 1 atom stereocenters. The third-order valence-electron chi connectivity index (χ3n) is 6.93. The van der Waals surface area contributed by atoms with Gasteiger partial charge < -0.3 is 10.1 Å². The number of pyridine rings is 1. The van der Waals surface area contributed by atoms with Crippen LogP contribution in [0.5, 0.6) is 5.75 Å². The number of carbonyl (C=O) groups is 1. The molecule has 168 valence electrons. The highest BCUT2D eigenvalue weighted by atomic mass is 16.5. The van der Waals surface area contributed by atoms with Gasteiger partial charge >= 0.3 is 0 Å². The Kier molecular flexibility index (Phi) is 4.42. The number of hydrogen-bond acceptors (Lipinski definition) is 4. The third-order valence-corrected chi connectivity index (χ3v) is 6.93. The summed E-state index contributed by atoms with van der Waals surface area (Å²) in [6, 6.07) is 23.9. The van der Waals surface area contributed by atoms with E-state index in [1.165, 1.54) is 0 Å². The van der Waals surface area contributed by atoms with Crippen LogP contribution in [-0.2, 0) is 6.42 Å². The van der Waals surface area contributed by atoms with Gasteiger partial charge in [-0.25, -0.2) is 4.99 Å². The van der Waals surface area contributed by atoms with Crippen LogP contribution in [0.4, 0.5) is 5.69 Å². The van der Waals surface area contributed by atoms with Gasteiger partial charge in [-0.1, -0.05) is 66.7 Å². The first-order valence-corrected chi connectivity index (χ1v) is 11.8. The molecular weight excluding hydrogens is 434 g/mol. The molecule has 0 fully saturated rings. The second kappa shape index (κ2) is 7.77. The Labute approximate surface area is 202 Å². The number of nitrogens with zero attached hydrogens (tertiary/aromatic N) is 2. The lowest BCUT2D eigenvalue weighted by atomic mass is 9.95. The van der Waals surface area contributed by atoms with Crippen LogP contribution < -0.4 is 10.1 Å². The van der Waals surface area contributed by atoms with Gasteiger partial charge in [0.15, 0.2) is 0 Å². The van der Waals surface area contributed by atoms with Gasteiger partial charge in [-0.05, 0) is 40.5 Å². The third kappa shape index (κ3) is 3.12. The topological polar surface area (TPSA) is 63.6 Å². The SMILES string of the molecule is O=C(NC1c2ccccc2-c2c(C3=Nc4ccccc4OC3)cccc21)c1ccnc2c1C=CC2. The molecule has 0 bridgehead atoms. The molecule has 2 heterocycles. The van der Waals surface area contributed by atoms with Crippen molar-refractivity contribution >= 4 is 23.4 Å². The second-order valence-electron chi connectivity index (χ2n) is 8.90. The summed E-state index contributed by atoms with van der Waals surface area (Å²) in [5.41, 5.74) is 9.66. The van der Waals surface area contributed by atoms with Gasteiger partial charge in [0.2, 0.25) is 0 Å². The van der Waals surface area contributed by atoms with E-state index in [0.29, 0.717) is 12.2 Å². The van der Waals surface area contributed by atoms with E-state index >= 15 is 0 Å². The maximum absolute atomic E-state index is 13.5. The summed E-state index contributed by atoms with van der Waals surface area (Å²) in [4.78, 5) is 22.8. The Morgan fingerprint density at radius 3 is 2.71 bits per heavy atom. The number of amides is 1. The number of nitrogens with one attached hydrogen (secondary N) is 1. The van der Waals surface area contributed by atoms with Crippen LogP contribution in [0.2, 0.25) is 0 Å². The average molecular weight is 456 g/mol. The molecule has 5 heteroatoms. The quantitative estimate of drug-likeness (QED) is 0.433. The molecule has 5 nitrogen and oxygen atoms in total. The number of rotatable bonds is 3. The zero-order chi connectivity index (χ0) is 23.4. The van der Waals surface area contributed by atoms with Crippen molar-refractivity contribution in [2.45, 2.75) is 12.5 Å². The second-order valence-corrected chi connectivity index (χ2v) is 8.90. The zero-order valence-electron chi connectivity index (χ0n) is 18.9. The summed E-state index contributed by atoms with van der Waals surface area (Å²) in [5, 5.41) is 3.31. The van der Waals surface area contributed by atoms with Crippen LogP contribution in [0, 0.1) is 0 Å². The monoisotopic (exact) mass is 455 g/mol. The number of carbonyl (C=O) groups excluding carboxylic acids is 1. The number of hydrogen-bond donors (Lipinski definition) is 1. The predicted molar refractivity (Wildman–Crippen MR) is 136 cm³/mol. The van der Waals surface area contributed by atoms with Crippen LogP contribution >= 0.6 is 0 Å². The fourth-order valence-electron chi connectivity index (χ4n) is 5.35. The molecule has 2 aliphatic carbocycles. The minimum Gasteiger partial charge on any atom is -0.485 e. The number of fused-ring (bicyclic) bond motifs is 5. The van der Waals surface area contributed by atoms with Gasteiger partial charge in [-0.2, -0.15) is 0 Å². The van der Waals surface area contributed by atoms with Gasteiger partial charge in [-0.15, -0.1) is 0 Å². The molecule has 1 unspecified atom stereocenters. The number of benzene rings is 3. The summed E-state index contributed by atoms with van der Waals surface area (Å²) >= 11 is 0. The van der Waals surface area contributed by atoms with E-state index in [9.17, 15) is 4.79 Å². The van der Waals surface area contributed by atoms with E-state index in [2.05, 4.69) is 34.6 Å². The van der Waals surface area contributed by atoms with Gasteiger partial charge in [0.05, 0.1) is 17.4 Å². The fraction of sp³-hybridized carbons (Fsp3) is 0.100. The van der Waals surface area contributed by atoms with E-state index in [4.69, 9.17) is 9.73 Å². The first-order chi connectivity index (χ1) is 17.3. The molecule has 3 aromatic carbocycles. The number of para-hydroxylation sites is 2. The van der Waals surface area contributed by atoms with Crippen LogP contribution in [0.3, 0.4) is 0 Å². The lowest BCUT2D eigenvalue weighted by Crippen LogP contribution is -2.29.